The van der Waals surface area contributed by atoms with E-state index in [0.717, 1.165) is 0 Å². The van der Waals surface area contributed by atoms with Gasteiger partial charge in [0.15, 0.2) is 5.78 Å². The third kappa shape index (κ3) is 1.27. The molecule has 0 saturated carbocycles. The number of ketones is 1. The lowest BCUT2D eigenvalue weighted by Gasteiger charge is -2.24. The van der Waals surface area contributed by atoms with Gasteiger partial charge in [0.05, 0.1) is 5.56 Å². The van der Waals surface area contributed by atoms with Gasteiger partial charge in [-0.15, -0.1) is 0 Å². The Hall–Kier alpha value is -1.16. The van der Waals surface area contributed by atoms with E-state index in [1.807, 2.05) is 11.9 Å². The predicted molar refractivity (Wildman–Crippen MR) is 49.3 cm³/mol. The summed E-state index contributed by atoms with van der Waals surface area (Å²) >= 11 is 5.80. The maximum absolute atomic E-state index is 11.5. The van der Waals surface area contributed by atoms with E-state index in [1.165, 1.54) is 6.33 Å². The number of hydrogen-bond donors (Lipinski definition) is 0. The lowest BCUT2D eigenvalue weighted by atomic mass is 10.1. The summed E-state index contributed by atoms with van der Waals surface area (Å²) in [5.41, 5.74) is 0.456. The number of aromatic nitrogens is 2. The van der Waals surface area contributed by atoms with Gasteiger partial charge in [-0.05, 0) is 0 Å². The van der Waals surface area contributed by atoms with Crippen molar-refractivity contribution in [1.82, 2.24) is 9.97 Å². The second kappa shape index (κ2) is 2.96. The molecule has 0 bridgehead atoms. The summed E-state index contributed by atoms with van der Waals surface area (Å²) in [5.74, 6) is 0.662. The zero-order valence-electron chi connectivity index (χ0n) is 7.12. The number of hydrogen-bond acceptors (Lipinski definition) is 4. The number of rotatable bonds is 0. The van der Waals surface area contributed by atoms with E-state index < -0.39 is 0 Å². The third-order valence-corrected chi connectivity index (χ3v) is 2.38. The van der Waals surface area contributed by atoms with Crippen molar-refractivity contribution >= 4 is 23.2 Å². The third-order valence-electron chi connectivity index (χ3n) is 2.10. The molecule has 0 fully saturated rings. The second-order valence-electron chi connectivity index (χ2n) is 2.96. The average molecular weight is 198 g/mol. The van der Waals surface area contributed by atoms with Crippen molar-refractivity contribution in [3.63, 3.8) is 0 Å². The quantitative estimate of drug-likeness (QED) is 0.586. The van der Waals surface area contributed by atoms with E-state index in [4.69, 9.17) is 11.6 Å². The van der Waals surface area contributed by atoms with E-state index in [-0.39, 0.29) is 10.9 Å². The number of carbonyl (C=O) groups excluding carboxylic acids is 1. The molecule has 0 unspecified atom stereocenters. The van der Waals surface area contributed by atoms with Crippen molar-refractivity contribution in [3.05, 3.63) is 17.0 Å². The van der Waals surface area contributed by atoms with Crippen LogP contribution in [0.3, 0.4) is 0 Å². The molecule has 1 aromatic rings. The van der Waals surface area contributed by atoms with E-state index in [1.54, 1.807) is 0 Å². The van der Waals surface area contributed by atoms with Gasteiger partial charge in [0.2, 0.25) is 0 Å². The Balaban J connectivity index is 2.63. The fraction of sp³-hybridized carbons (Fsp3) is 0.375. The monoisotopic (exact) mass is 197 g/mol. The van der Waals surface area contributed by atoms with Crippen LogP contribution in [-0.2, 0) is 0 Å². The van der Waals surface area contributed by atoms with Crippen molar-refractivity contribution in [3.8, 4) is 0 Å². The molecule has 2 rings (SSSR count). The average Bonchev–Trinajstić information content (AvgIpc) is 2.12. The Morgan fingerprint density at radius 2 is 2.31 bits per heavy atom. The van der Waals surface area contributed by atoms with E-state index >= 15 is 0 Å². The molecule has 4 nitrogen and oxygen atoms in total. The highest BCUT2D eigenvalue weighted by Gasteiger charge is 2.24. The lowest BCUT2D eigenvalue weighted by molar-refractivity contribution is 0.0979. The van der Waals surface area contributed by atoms with Crippen LogP contribution in [0.15, 0.2) is 6.33 Å². The predicted octanol–water partition coefficient (Wildman–Crippen LogP) is 1.15. The molecule has 68 valence electrons. The topological polar surface area (TPSA) is 46.1 Å². The fourth-order valence-electron chi connectivity index (χ4n) is 1.38. The van der Waals surface area contributed by atoms with Gasteiger partial charge in [0, 0.05) is 20.0 Å². The van der Waals surface area contributed by atoms with Crippen LogP contribution in [0.5, 0.6) is 0 Å². The van der Waals surface area contributed by atoms with Gasteiger partial charge in [-0.3, -0.25) is 4.79 Å². The summed E-state index contributed by atoms with van der Waals surface area (Å²) in [6.07, 6.45) is 1.85. The van der Waals surface area contributed by atoms with Gasteiger partial charge < -0.3 is 4.90 Å². The van der Waals surface area contributed by atoms with Gasteiger partial charge in [0.25, 0.3) is 0 Å². The summed E-state index contributed by atoms with van der Waals surface area (Å²) in [5, 5.41) is 0.251. The molecule has 1 aromatic heterocycles. The SMILES string of the molecule is CN1CCC(=O)c2c(Cl)ncnc21. The smallest absolute Gasteiger partial charge is 0.171 e. The number of carbonyl (C=O) groups is 1. The van der Waals surface area contributed by atoms with Crippen molar-refractivity contribution in [2.24, 2.45) is 0 Å². The Morgan fingerprint density at radius 1 is 1.54 bits per heavy atom. The van der Waals surface area contributed by atoms with Gasteiger partial charge >= 0.3 is 0 Å². The van der Waals surface area contributed by atoms with E-state index in [0.29, 0.717) is 24.3 Å². The largest absolute Gasteiger partial charge is 0.358 e. The lowest BCUT2D eigenvalue weighted by Crippen LogP contribution is -2.29. The van der Waals surface area contributed by atoms with Gasteiger partial charge in [-0.2, -0.15) is 0 Å². The van der Waals surface area contributed by atoms with Crippen LogP contribution >= 0.6 is 11.6 Å². The normalized spacial score (nSPS) is 15.8. The number of Topliss-reactive ketones (excluding diaryl/α,β-unsaturated/α-hetero) is 1. The molecule has 0 radical (unpaired) electrons. The van der Waals surface area contributed by atoms with Crippen LogP contribution in [-0.4, -0.2) is 29.3 Å². The van der Waals surface area contributed by atoms with Crippen LogP contribution < -0.4 is 4.90 Å². The van der Waals surface area contributed by atoms with Crippen LogP contribution in [0.1, 0.15) is 16.8 Å². The minimum atomic E-state index is 0.0266. The highest BCUT2D eigenvalue weighted by Crippen LogP contribution is 2.27. The molecule has 0 spiro atoms. The number of anilines is 1. The first-order valence-corrected chi connectivity index (χ1v) is 4.33. The minimum absolute atomic E-state index is 0.0266. The van der Waals surface area contributed by atoms with Crippen molar-refractivity contribution in [2.45, 2.75) is 6.42 Å². The standard InChI is InChI=1S/C8H8ClN3O/c1-12-3-2-5(13)6-7(9)10-4-11-8(6)12/h4H,2-3H2,1H3. The summed E-state index contributed by atoms with van der Waals surface area (Å²) in [6, 6.07) is 0. The zero-order valence-corrected chi connectivity index (χ0v) is 7.88. The minimum Gasteiger partial charge on any atom is -0.358 e. The maximum Gasteiger partial charge on any atom is 0.171 e. The Morgan fingerprint density at radius 3 is 3.00 bits per heavy atom. The molecule has 5 heteroatoms. The molecule has 0 N–H and O–H groups in total. The molecule has 1 aliphatic heterocycles. The highest BCUT2D eigenvalue weighted by atomic mass is 35.5. The molecule has 0 saturated heterocycles. The number of halogens is 1. The molecule has 0 aliphatic carbocycles. The van der Waals surface area contributed by atoms with E-state index in [2.05, 4.69) is 9.97 Å². The van der Waals surface area contributed by atoms with Gasteiger partial charge in [-0.1, -0.05) is 11.6 Å². The molecule has 0 amide bonds. The first-order valence-electron chi connectivity index (χ1n) is 3.95. The molecular weight excluding hydrogens is 190 g/mol. The van der Waals surface area contributed by atoms with Crippen molar-refractivity contribution in [2.75, 3.05) is 18.5 Å². The van der Waals surface area contributed by atoms with Gasteiger partial charge in [0.1, 0.15) is 17.3 Å². The molecule has 0 atom stereocenters. The Labute approximate surface area is 80.5 Å². The summed E-state index contributed by atoms with van der Waals surface area (Å²) < 4.78 is 0. The van der Waals surface area contributed by atoms with E-state index in [9.17, 15) is 4.79 Å². The summed E-state index contributed by atoms with van der Waals surface area (Å²) in [4.78, 5) is 21.2. The molecule has 13 heavy (non-hydrogen) atoms. The Kier molecular flexibility index (Phi) is 1.92. The van der Waals surface area contributed by atoms with Crippen molar-refractivity contribution < 1.29 is 4.79 Å². The fourth-order valence-corrected chi connectivity index (χ4v) is 1.62. The van der Waals surface area contributed by atoms with Crippen LogP contribution in [0.25, 0.3) is 0 Å². The summed E-state index contributed by atoms with van der Waals surface area (Å²) in [6.45, 7) is 0.694. The number of nitrogens with zero attached hydrogens (tertiary/aromatic N) is 3. The molecular formula is C8H8ClN3O. The molecule has 0 aromatic carbocycles. The van der Waals surface area contributed by atoms with Gasteiger partial charge in [-0.25, -0.2) is 9.97 Å². The van der Waals surface area contributed by atoms with Crippen LogP contribution in [0.2, 0.25) is 5.15 Å². The first-order chi connectivity index (χ1) is 6.20. The number of fused-ring (bicyclic) bond motifs is 1. The van der Waals surface area contributed by atoms with Crippen molar-refractivity contribution in [1.29, 1.82) is 0 Å². The molecule has 1 aliphatic rings. The second-order valence-corrected chi connectivity index (χ2v) is 3.32. The zero-order chi connectivity index (χ0) is 9.42. The molecule has 2 heterocycles. The Bertz CT molecular complexity index is 366. The maximum atomic E-state index is 11.5. The summed E-state index contributed by atoms with van der Waals surface area (Å²) in [7, 11) is 1.88. The first kappa shape index (κ1) is 8.44. The van der Waals surface area contributed by atoms with Crippen LogP contribution in [0.4, 0.5) is 5.82 Å². The van der Waals surface area contributed by atoms with Crippen LogP contribution in [0, 0.1) is 0 Å². The highest BCUT2D eigenvalue weighted by molar-refractivity contribution is 6.33.